The number of hydrogen-bond donors (Lipinski definition) is 0. The zero-order chi connectivity index (χ0) is 13.9. The van der Waals surface area contributed by atoms with Crippen molar-refractivity contribution >= 4 is 11.9 Å². The minimum Gasteiger partial charge on any atom is -0.306 e. The number of pyridine rings is 1. The minimum absolute atomic E-state index is 0.615. The second-order valence-corrected chi connectivity index (χ2v) is 5.56. The summed E-state index contributed by atoms with van der Waals surface area (Å²) in [7, 11) is 0. The first-order chi connectivity index (χ1) is 9.80. The Hall–Kier alpha value is -1.68. The maximum Gasteiger partial charge on any atom is 0.151 e. The van der Waals surface area contributed by atoms with Crippen molar-refractivity contribution in [2.24, 2.45) is 0 Å². The molecule has 1 fully saturated rings. The molecule has 1 aliphatic rings. The third-order valence-electron chi connectivity index (χ3n) is 4.26. The first-order valence-electron chi connectivity index (χ1n) is 7.47. The lowest BCUT2D eigenvalue weighted by atomic mass is 9.98. The van der Waals surface area contributed by atoms with E-state index in [-0.39, 0.29) is 0 Å². The Kier molecular flexibility index (Phi) is 3.83. The summed E-state index contributed by atoms with van der Waals surface area (Å²) < 4.78 is 1.96. The van der Waals surface area contributed by atoms with E-state index in [9.17, 15) is 4.79 Å². The summed E-state index contributed by atoms with van der Waals surface area (Å²) in [5, 5.41) is 0. The van der Waals surface area contributed by atoms with Crippen LogP contribution in [-0.2, 0) is 6.42 Å². The second kappa shape index (κ2) is 5.75. The standard InChI is InChI=1S/C16H21N3O/c1-2-18-8-4-3-5-15(18)9-14-11-19-10-13(12-20)6-7-16(19)17-14/h6-7,10-12,15H,2-5,8-9H2,1H3. The number of nitrogens with zero attached hydrogens (tertiary/aromatic N) is 3. The molecule has 1 aliphatic heterocycles. The summed E-state index contributed by atoms with van der Waals surface area (Å²) in [5.74, 6) is 0. The fourth-order valence-electron chi connectivity index (χ4n) is 3.18. The van der Waals surface area contributed by atoms with Gasteiger partial charge in [0.05, 0.1) is 5.69 Å². The Morgan fingerprint density at radius 1 is 1.35 bits per heavy atom. The summed E-state index contributed by atoms with van der Waals surface area (Å²) >= 11 is 0. The minimum atomic E-state index is 0.615. The van der Waals surface area contributed by atoms with Crippen LogP contribution in [0, 0.1) is 0 Å². The predicted molar refractivity (Wildman–Crippen MR) is 79.2 cm³/mol. The summed E-state index contributed by atoms with van der Waals surface area (Å²) in [6.07, 6.45) is 9.69. The van der Waals surface area contributed by atoms with Gasteiger partial charge in [-0.1, -0.05) is 13.3 Å². The molecule has 3 heterocycles. The largest absolute Gasteiger partial charge is 0.306 e. The molecule has 0 amide bonds. The fraction of sp³-hybridized carbons (Fsp3) is 0.500. The second-order valence-electron chi connectivity index (χ2n) is 5.56. The van der Waals surface area contributed by atoms with E-state index in [1.807, 2.05) is 22.7 Å². The number of fused-ring (bicyclic) bond motifs is 1. The molecule has 1 saturated heterocycles. The van der Waals surface area contributed by atoms with Crippen molar-refractivity contribution in [1.82, 2.24) is 14.3 Å². The van der Waals surface area contributed by atoms with Crippen molar-refractivity contribution < 1.29 is 4.79 Å². The summed E-state index contributed by atoms with van der Waals surface area (Å²) in [5.41, 5.74) is 2.73. The van der Waals surface area contributed by atoms with Crippen LogP contribution in [0.5, 0.6) is 0 Å². The normalized spacial score (nSPS) is 20.4. The summed E-state index contributed by atoms with van der Waals surface area (Å²) in [6.45, 7) is 4.56. The zero-order valence-corrected chi connectivity index (χ0v) is 12.0. The molecule has 4 nitrogen and oxygen atoms in total. The average Bonchev–Trinajstić information content (AvgIpc) is 2.89. The fourth-order valence-corrected chi connectivity index (χ4v) is 3.18. The van der Waals surface area contributed by atoms with Gasteiger partial charge in [-0.15, -0.1) is 0 Å². The Bertz CT molecular complexity index is 605. The van der Waals surface area contributed by atoms with E-state index < -0.39 is 0 Å². The van der Waals surface area contributed by atoms with Crippen molar-refractivity contribution in [2.45, 2.75) is 38.6 Å². The highest BCUT2D eigenvalue weighted by Gasteiger charge is 2.22. The van der Waals surface area contributed by atoms with Gasteiger partial charge in [0.1, 0.15) is 5.65 Å². The number of aldehydes is 1. The molecule has 4 heteroatoms. The topological polar surface area (TPSA) is 37.6 Å². The number of carbonyl (C=O) groups is 1. The van der Waals surface area contributed by atoms with E-state index in [2.05, 4.69) is 23.0 Å². The molecule has 0 spiro atoms. The van der Waals surface area contributed by atoms with E-state index in [0.29, 0.717) is 11.6 Å². The SMILES string of the molecule is CCN1CCCCC1Cc1cn2cc(C=O)ccc2n1. The van der Waals surface area contributed by atoms with Crippen molar-refractivity contribution in [3.63, 3.8) is 0 Å². The van der Waals surface area contributed by atoms with Gasteiger partial charge in [-0.25, -0.2) is 4.98 Å². The molecule has 0 bridgehead atoms. The number of rotatable bonds is 4. The number of imidazole rings is 1. The molecule has 0 aromatic carbocycles. The maximum absolute atomic E-state index is 10.8. The van der Waals surface area contributed by atoms with Crippen LogP contribution >= 0.6 is 0 Å². The van der Waals surface area contributed by atoms with E-state index in [1.54, 1.807) is 0 Å². The molecule has 2 aromatic heterocycles. The summed E-state index contributed by atoms with van der Waals surface area (Å²) in [4.78, 5) is 18.0. The quantitative estimate of drug-likeness (QED) is 0.802. The molecule has 0 saturated carbocycles. The third-order valence-corrected chi connectivity index (χ3v) is 4.26. The van der Waals surface area contributed by atoms with Gasteiger partial charge in [-0.2, -0.15) is 0 Å². The van der Waals surface area contributed by atoms with Crippen molar-refractivity contribution in [1.29, 1.82) is 0 Å². The monoisotopic (exact) mass is 271 g/mol. The Balaban J connectivity index is 1.81. The van der Waals surface area contributed by atoms with Crippen molar-refractivity contribution in [3.05, 3.63) is 35.8 Å². The van der Waals surface area contributed by atoms with Crippen LogP contribution < -0.4 is 0 Å². The van der Waals surface area contributed by atoms with E-state index in [4.69, 9.17) is 0 Å². The number of likely N-dealkylation sites (N-methyl/N-ethyl adjacent to an activating group) is 1. The zero-order valence-electron chi connectivity index (χ0n) is 12.0. The Morgan fingerprint density at radius 2 is 2.25 bits per heavy atom. The van der Waals surface area contributed by atoms with E-state index >= 15 is 0 Å². The molecule has 20 heavy (non-hydrogen) atoms. The molecule has 2 aromatic rings. The maximum atomic E-state index is 10.8. The average molecular weight is 271 g/mol. The van der Waals surface area contributed by atoms with Gasteiger partial charge in [0.25, 0.3) is 0 Å². The molecular formula is C16H21N3O. The molecule has 3 rings (SSSR count). The van der Waals surface area contributed by atoms with Crippen LogP contribution in [0.25, 0.3) is 5.65 Å². The highest BCUT2D eigenvalue weighted by Crippen LogP contribution is 2.20. The van der Waals surface area contributed by atoms with Crippen molar-refractivity contribution in [2.75, 3.05) is 13.1 Å². The number of piperidine rings is 1. The summed E-state index contributed by atoms with van der Waals surface area (Å²) in [6, 6.07) is 4.34. The predicted octanol–water partition coefficient (Wildman–Crippen LogP) is 2.56. The highest BCUT2D eigenvalue weighted by atomic mass is 16.1. The van der Waals surface area contributed by atoms with Gasteiger partial charge < -0.3 is 9.30 Å². The van der Waals surface area contributed by atoms with Crippen LogP contribution in [0.1, 0.15) is 42.2 Å². The molecule has 106 valence electrons. The van der Waals surface area contributed by atoms with Gasteiger partial charge in [0.15, 0.2) is 6.29 Å². The first-order valence-corrected chi connectivity index (χ1v) is 7.47. The van der Waals surface area contributed by atoms with Crippen molar-refractivity contribution in [3.8, 4) is 0 Å². The van der Waals surface area contributed by atoms with Gasteiger partial charge in [-0.3, -0.25) is 4.79 Å². The number of carbonyl (C=O) groups excluding carboxylic acids is 1. The Morgan fingerprint density at radius 3 is 3.05 bits per heavy atom. The highest BCUT2D eigenvalue weighted by molar-refractivity contribution is 5.74. The third kappa shape index (κ3) is 2.61. The van der Waals surface area contributed by atoms with Gasteiger partial charge in [0, 0.05) is 30.4 Å². The molecule has 1 unspecified atom stereocenters. The molecular weight excluding hydrogens is 250 g/mol. The van der Waals surface area contributed by atoms with Gasteiger partial charge >= 0.3 is 0 Å². The van der Waals surface area contributed by atoms with Gasteiger partial charge in [-0.05, 0) is 38.1 Å². The van der Waals surface area contributed by atoms with Gasteiger partial charge in [0.2, 0.25) is 0 Å². The van der Waals surface area contributed by atoms with Crippen LogP contribution in [0.4, 0.5) is 0 Å². The van der Waals surface area contributed by atoms with E-state index in [0.717, 1.165) is 30.6 Å². The smallest absolute Gasteiger partial charge is 0.151 e. The van der Waals surface area contributed by atoms with Crippen LogP contribution in [0.15, 0.2) is 24.5 Å². The van der Waals surface area contributed by atoms with Crippen LogP contribution in [0.2, 0.25) is 0 Å². The number of aromatic nitrogens is 2. The lowest BCUT2D eigenvalue weighted by molar-refractivity contribution is 0.112. The molecule has 1 atom stereocenters. The lowest BCUT2D eigenvalue weighted by Gasteiger charge is -2.34. The Labute approximate surface area is 119 Å². The first kappa shape index (κ1) is 13.3. The van der Waals surface area contributed by atoms with Crippen LogP contribution in [0.3, 0.4) is 0 Å². The van der Waals surface area contributed by atoms with Crippen LogP contribution in [-0.4, -0.2) is 39.7 Å². The molecule has 0 N–H and O–H groups in total. The lowest BCUT2D eigenvalue weighted by Crippen LogP contribution is -2.40. The molecule has 0 aliphatic carbocycles. The van der Waals surface area contributed by atoms with E-state index in [1.165, 1.54) is 25.8 Å². The number of likely N-dealkylation sites (tertiary alicyclic amines) is 1. The number of hydrogen-bond acceptors (Lipinski definition) is 3. The molecule has 0 radical (unpaired) electrons.